The summed E-state index contributed by atoms with van der Waals surface area (Å²) in [5.41, 5.74) is 0. The van der Waals surface area contributed by atoms with Gasteiger partial charge >= 0.3 is 17.9 Å². The van der Waals surface area contributed by atoms with Gasteiger partial charge in [-0.3, -0.25) is 14.4 Å². The van der Waals surface area contributed by atoms with Crippen LogP contribution in [0.3, 0.4) is 0 Å². The summed E-state index contributed by atoms with van der Waals surface area (Å²) < 4.78 is 16.9. The molecule has 0 spiro atoms. The van der Waals surface area contributed by atoms with E-state index < -0.39 is 6.10 Å². The number of ether oxygens (including phenoxy) is 3. The second-order valence-electron chi connectivity index (χ2n) is 21.0. The molecule has 0 heterocycles. The molecule has 0 aromatic rings. The average Bonchev–Trinajstić information content (AvgIpc) is 3.35. The summed E-state index contributed by atoms with van der Waals surface area (Å²) in [7, 11) is 0. The van der Waals surface area contributed by atoms with Crippen LogP contribution in [0.5, 0.6) is 0 Å². The molecule has 1 atom stereocenters. The Morgan fingerprint density at radius 1 is 0.275 bits per heavy atom. The fourth-order valence-corrected chi connectivity index (χ4v) is 9.26. The molecule has 0 aromatic carbocycles. The first-order chi connectivity index (χ1) is 34.0. The van der Waals surface area contributed by atoms with Gasteiger partial charge in [0.1, 0.15) is 13.2 Å². The predicted octanol–water partition coefficient (Wildman–Crippen LogP) is 20.7. The zero-order valence-electron chi connectivity index (χ0n) is 46.6. The normalized spacial score (nSPS) is 12.1. The Labute approximate surface area is 430 Å². The SMILES string of the molecule is CCCCCCCC/C=C\CCCCCCCCCCCC(=O)OCC(COC(=O)CCCCCCC/C=C\CCCCCCCC)OC(=O)CCCCCCCCCCCCCCCCCCC. The maximum absolute atomic E-state index is 12.9. The van der Waals surface area contributed by atoms with E-state index >= 15 is 0 Å². The highest BCUT2D eigenvalue weighted by molar-refractivity contribution is 5.71. The molecular weight excluding hydrogens is 853 g/mol. The van der Waals surface area contributed by atoms with Crippen molar-refractivity contribution < 1.29 is 28.6 Å². The molecule has 0 aliphatic carbocycles. The Balaban J connectivity index is 4.32. The van der Waals surface area contributed by atoms with Crippen LogP contribution in [0.25, 0.3) is 0 Å². The molecule has 69 heavy (non-hydrogen) atoms. The van der Waals surface area contributed by atoms with E-state index in [0.29, 0.717) is 19.3 Å². The minimum absolute atomic E-state index is 0.0702. The molecule has 0 radical (unpaired) electrons. The van der Waals surface area contributed by atoms with Crippen molar-refractivity contribution in [2.75, 3.05) is 13.2 Å². The van der Waals surface area contributed by atoms with E-state index in [1.54, 1.807) is 0 Å². The van der Waals surface area contributed by atoms with Crippen LogP contribution < -0.4 is 0 Å². The van der Waals surface area contributed by atoms with E-state index in [0.717, 1.165) is 64.2 Å². The lowest BCUT2D eigenvalue weighted by atomic mass is 10.0. The number of carbonyl (C=O) groups is 3. The third-order valence-corrected chi connectivity index (χ3v) is 13.9. The lowest BCUT2D eigenvalue weighted by Gasteiger charge is -2.18. The van der Waals surface area contributed by atoms with Gasteiger partial charge in [0.25, 0.3) is 0 Å². The Morgan fingerprint density at radius 3 is 0.725 bits per heavy atom. The van der Waals surface area contributed by atoms with E-state index in [1.165, 1.54) is 238 Å². The van der Waals surface area contributed by atoms with Crippen LogP contribution in [0.15, 0.2) is 24.3 Å². The van der Waals surface area contributed by atoms with Crippen molar-refractivity contribution in [2.24, 2.45) is 0 Å². The molecule has 0 bridgehead atoms. The number of esters is 3. The Hall–Kier alpha value is -2.11. The molecule has 406 valence electrons. The number of hydrogen-bond donors (Lipinski definition) is 0. The second-order valence-corrected chi connectivity index (χ2v) is 21.0. The van der Waals surface area contributed by atoms with Crippen molar-refractivity contribution in [3.05, 3.63) is 24.3 Å². The fraction of sp³-hybridized carbons (Fsp3) is 0.889. The van der Waals surface area contributed by atoms with E-state index in [9.17, 15) is 14.4 Å². The Morgan fingerprint density at radius 2 is 0.478 bits per heavy atom. The van der Waals surface area contributed by atoms with Crippen molar-refractivity contribution in [3.8, 4) is 0 Å². The summed E-state index contributed by atoms with van der Waals surface area (Å²) in [5.74, 6) is -0.856. The standard InChI is InChI=1S/C63H118O6/c1-4-7-10-13-16-19-22-25-28-30-31-33-35-38-41-44-47-50-53-56-62(65)68-59-60(58-67-61(64)55-52-49-46-43-40-37-34-27-24-21-18-15-12-9-6-3)69-63(66)57-54-51-48-45-42-39-36-32-29-26-23-20-17-14-11-8-5-2/h25,27-28,34,60H,4-24,26,29-33,35-59H2,1-3H3/b28-25-,34-27-. The van der Waals surface area contributed by atoms with Crippen LogP contribution in [0.4, 0.5) is 0 Å². The van der Waals surface area contributed by atoms with Gasteiger partial charge in [-0.25, -0.2) is 0 Å². The van der Waals surface area contributed by atoms with Gasteiger partial charge in [-0.1, -0.05) is 276 Å². The third-order valence-electron chi connectivity index (χ3n) is 13.9. The van der Waals surface area contributed by atoms with E-state index in [2.05, 4.69) is 45.1 Å². The number of hydrogen-bond acceptors (Lipinski definition) is 6. The number of allylic oxidation sites excluding steroid dienone is 4. The van der Waals surface area contributed by atoms with Gasteiger partial charge in [0.05, 0.1) is 0 Å². The lowest BCUT2D eigenvalue weighted by molar-refractivity contribution is -0.167. The first-order valence-corrected chi connectivity index (χ1v) is 30.8. The zero-order chi connectivity index (χ0) is 50.0. The predicted molar refractivity (Wildman–Crippen MR) is 298 cm³/mol. The highest BCUT2D eigenvalue weighted by atomic mass is 16.6. The minimum atomic E-state index is -0.772. The topological polar surface area (TPSA) is 78.9 Å². The summed E-state index contributed by atoms with van der Waals surface area (Å²) >= 11 is 0. The monoisotopic (exact) mass is 971 g/mol. The molecule has 0 aromatic heterocycles. The second kappa shape index (κ2) is 58.5. The van der Waals surface area contributed by atoms with Crippen LogP contribution in [-0.2, 0) is 28.6 Å². The van der Waals surface area contributed by atoms with Crippen LogP contribution in [-0.4, -0.2) is 37.2 Å². The zero-order valence-corrected chi connectivity index (χ0v) is 46.6. The highest BCUT2D eigenvalue weighted by Crippen LogP contribution is 2.17. The van der Waals surface area contributed by atoms with Gasteiger partial charge in [0.2, 0.25) is 0 Å². The van der Waals surface area contributed by atoms with Gasteiger partial charge in [-0.05, 0) is 70.6 Å². The summed E-state index contributed by atoms with van der Waals surface area (Å²) in [5, 5.41) is 0. The summed E-state index contributed by atoms with van der Waals surface area (Å²) in [6.45, 7) is 6.68. The lowest BCUT2D eigenvalue weighted by Crippen LogP contribution is -2.30. The smallest absolute Gasteiger partial charge is 0.306 e. The third kappa shape index (κ3) is 56.7. The van der Waals surface area contributed by atoms with Crippen LogP contribution in [0.1, 0.15) is 342 Å². The molecule has 0 aliphatic rings. The molecule has 6 heteroatoms. The number of unbranched alkanes of at least 4 members (excludes halogenated alkanes) is 42. The van der Waals surface area contributed by atoms with Gasteiger partial charge in [-0.15, -0.1) is 0 Å². The molecule has 0 aliphatic heterocycles. The van der Waals surface area contributed by atoms with Gasteiger partial charge in [0, 0.05) is 19.3 Å². The average molecular weight is 972 g/mol. The summed E-state index contributed by atoms with van der Waals surface area (Å²) in [4.78, 5) is 38.2. The maximum Gasteiger partial charge on any atom is 0.306 e. The highest BCUT2D eigenvalue weighted by Gasteiger charge is 2.19. The first-order valence-electron chi connectivity index (χ1n) is 30.8. The maximum atomic E-state index is 12.9. The molecule has 1 unspecified atom stereocenters. The van der Waals surface area contributed by atoms with E-state index in [-0.39, 0.29) is 31.1 Å². The Bertz CT molecular complexity index is 1110. The molecule has 6 nitrogen and oxygen atoms in total. The van der Waals surface area contributed by atoms with Crippen LogP contribution in [0, 0.1) is 0 Å². The van der Waals surface area contributed by atoms with Crippen LogP contribution >= 0.6 is 0 Å². The molecular formula is C63H118O6. The largest absolute Gasteiger partial charge is 0.462 e. The summed E-state index contributed by atoms with van der Waals surface area (Å²) in [6, 6.07) is 0. The minimum Gasteiger partial charge on any atom is -0.462 e. The van der Waals surface area contributed by atoms with Crippen LogP contribution in [0.2, 0.25) is 0 Å². The quantitative estimate of drug-likeness (QED) is 0.0261. The van der Waals surface area contributed by atoms with Crippen molar-refractivity contribution in [1.82, 2.24) is 0 Å². The van der Waals surface area contributed by atoms with Crippen molar-refractivity contribution in [3.63, 3.8) is 0 Å². The van der Waals surface area contributed by atoms with E-state index in [4.69, 9.17) is 14.2 Å². The molecule has 0 rings (SSSR count). The van der Waals surface area contributed by atoms with Gasteiger partial charge in [0.15, 0.2) is 6.10 Å². The number of rotatable bonds is 57. The van der Waals surface area contributed by atoms with Gasteiger partial charge in [-0.2, -0.15) is 0 Å². The molecule has 0 saturated heterocycles. The fourth-order valence-electron chi connectivity index (χ4n) is 9.26. The van der Waals surface area contributed by atoms with Crippen molar-refractivity contribution >= 4 is 17.9 Å². The molecule has 0 N–H and O–H groups in total. The van der Waals surface area contributed by atoms with Gasteiger partial charge < -0.3 is 14.2 Å². The first kappa shape index (κ1) is 66.9. The molecule has 0 saturated carbocycles. The Kier molecular flexibility index (Phi) is 56.7. The molecule has 0 fully saturated rings. The van der Waals surface area contributed by atoms with Crippen molar-refractivity contribution in [2.45, 2.75) is 348 Å². The molecule has 0 amide bonds. The summed E-state index contributed by atoms with van der Waals surface area (Å²) in [6.07, 6.45) is 68.9. The van der Waals surface area contributed by atoms with E-state index in [1.807, 2.05) is 0 Å². The van der Waals surface area contributed by atoms with Crippen molar-refractivity contribution in [1.29, 1.82) is 0 Å². The number of carbonyl (C=O) groups excluding carboxylic acids is 3.